The number of rotatable bonds is 6. The molecule has 114 valence electrons. The van der Waals surface area contributed by atoms with Gasteiger partial charge in [0, 0.05) is 42.1 Å². The highest BCUT2D eigenvalue weighted by atomic mass is 32.2. The predicted octanol–water partition coefficient (Wildman–Crippen LogP) is 2.73. The van der Waals surface area contributed by atoms with Crippen molar-refractivity contribution in [2.24, 2.45) is 0 Å². The zero-order valence-corrected chi connectivity index (χ0v) is 14.4. The molecule has 6 heteroatoms. The summed E-state index contributed by atoms with van der Waals surface area (Å²) in [5.41, 5.74) is 1.09. The Balaban J connectivity index is 2.18. The Morgan fingerprint density at radius 1 is 1.45 bits per heavy atom. The highest BCUT2D eigenvalue weighted by Crippen LogP contribution is 2.33. The van der Waals surface area contributed by atoms with Gasteiger partial charge in [0.2, 0.25) is 0 Å². The molecule has 1 aromatic heterocycles. The molecule has 2 unspecified atom stereocenters. The summed E-state index contributed by atoms with van der Waals surface area (Å²) in [5.74, 6) is 1.19. The standard InChI is InChI=1S/C14H25N3OS2/c1-5-15-8-13-12(9-18-4)16-14(20-13)17-6-7-19-11(3)10(17)2/h10-11,15H,5-9H2,1-4H3. The molecule has 0 aliphatic carbocycles. The molecule has 1 fully saturated rings. The van der Waals surface area contributed by atoms with Crippen molar-refractivity contribution in [1.82, 2.24) is 10.3 Å². The maximum atomic E-state index is 5.29. The fourth-order valence-corrected chi connectivity index (χ4v) is 4.57. The van der Waals surface area contributed by atoms with E-state index in [2.05, 4.69) is 42.7 Å². The molecule has 2 atom stereocenters. The van der Waals surface area contributed by atoms with E-state index in [4.69, 9.17) is 9.72 Å². The van der Waals surface area contributed by atoms with Crippen molar-refractivity contribution in [2.75, 3.05) is 30.9 Å². The van der Waals surface area contributed by atoms with Crippen LogP contribution in [-0.4, -0.2) is 42.2 Å². The molecule has 1 saturated heterocycles. The number of nitrogens with zero attached hydrogens (tertiary/aromatic N) is 2. The molecule has 0 aromatic carbocycles. The molecule has 2 heterocycles. The number of nitrogens with one attached hydrogen (secondary N) is 1. The third-order valence-electron chi connectivity index (χ3n) is 3.71. The van der Waals surface area contributed by atoms with Gasteiger partial charge in [0.05, 0.1) is 12.3 Å². The van der Waals surface area contributed by atoms with Crippen LogP contribution in [0.25, 0.3) is 0 Å². The Kier molecular flexibility index (Phi) is 6.14. The Morgan fingerprint density at radius 2 is 2.25 bits per heavy atom. The summed E-state index contributed by atoms with van der Waals surface area (Å²) in [6, 6.07) is 0.544. The topological polar surface area (TPSA) is 37.4 Å². The van der Waals surface area contributed by atoms with Gasteiger partial charge in [0.25, 0.3) is 0 Å². The first kappa shape index (κ1) is 16.1. The lowest BCUT2D eigenvalue weighted by Crippen LogP contribution is -2.44. The molecular formula is C14H25N3OS2. The van der Waals surface area contributed by atoms with E-state index in [9.17, 15) is 0 Å². The van der Waals surface area contributed by atoms with Gasteiger partial charge in [-0.15, -0.1) is 11.3 Å². The number of hydrogen-bond donors (Lipinski definition) is 1. The molecule has 0 saturated carbocycles. The Morgan fingerprint density at radius 3 is 2.95 bits per heavy atom. The summed E-state index contributed by atoms with van der Waals surface area (Å²) in [4.78, 5) is 8.60. The maximum absolute atomic E-state index is 5.29. The SMILES string of the molecule is CCNCc1sc(N2CCSC(C)C2C)nc1COC. The lowest BCUT2D eigenvalue weighted by Gasteiger charge is -2.37. The third kappa shape index (κ3) is 3.67. The van der Waals surface area contributed by atoms with Gasteiger partial charge in [0.15, 0.2) is 5.13 Å². The Bertz CT molecular complexity index is 425. The van der Waals surface area contributed by atoms with Crippen LogP contribution < -0.4 is 10.2 Å². The van der Waals surface area contributed by atoms with Gasteiger partial charge < -0.3 is 15.0 Å². The van der Waals surface area contributed by atoms with Crippen molar-refractivity contribution in [3.05, 3.63) is 10.6 Å². The molecule has 1 aromatic rings. The molecule has 1 aliphatic heterocycles. The van der Waals surface area contributed by atoms with E-state index in [-0.39, 0.29) is 0 Å². The Labute approximate surface area is 130 Å². The zero-order chi connectivity index (χ0) is 14.5. The molecule has 2 rings (SSSR count). The maximum Gasteiger partial charge on any atom is 0.186 e. The molecule has 0 amide bonds. The van der Waals surface area contributed by atoms with Crippen LogP contribution in [0.5, 0.6) is 0 Å². The number of thiazole rings is 1. The molecule has 4 nitrogen and oxygen atoms in total. The number of ether oxygens (including phenoxy) is 1. The summed E-state index contributed by atoms with van der Waals surface area (Å²) in [5, 5.41) is 5.21. The van der Waals surface area contributed by atoms with E-state index in [0.29, 0.717) is 17.9 Å². The van der Waals surface area contributed by atoms with E-state index in [1.165, 1.54) is 10.6 Å². The monoisotopic (exact) mass is 315 g/mol. The van der Waals surface area contributed by atoms with Crippen molar-refractivity contribution in [2.45, 2.75) is 45.2 Å². The minimum atomic E-state index is 0.544. The number of hydrogen-bond acceptors (Lipinski definition) is 6. The molecule has 0 bridgehead atoms. The molecule has 1 N–H and O–H groups in total. The van der Waals surface area contributed by atoms with Crippen LogP contribution in [0.3, 0.4) is 0 Å². The normalized spacial score (nSPS) is 23.3. The van der Waals surface area contributed by atoms with Crippen LogP contribution in [0.4, 0.5) is 5.13 Å². The van der Waals surface area contributed by atoms with Crippen LogP contribution in [0, 0.1) is 0 Å². The summed E-state index contributed by atoms with van der Waals surface area (Å²) in [6.45, 7) is 10.3. The number of thioether (sulfide) groups is 1. The van der Waals surface area contributed by atoms with Crippen molar-refractivity contribution < 1.29 is 4.74 Å². The first-order valence-corrected chi connectivity index (χ1v) is 9.10. The van der Waals surface area contributed by atoms with Gasteiger partial charge >= 0.3 is 0 Å². The highest BCUT2D eigenvalue weighted by Gasteiger charge is 2.28. The second-order valence-corrected chi connectivity index (χ2v) is 7.64. The number of aromatic nitrogens is 1. The van der Waals surface area contributed by atoms with E-state index in [0.717, 1.165) is 30.5 Å². The van der Waals surface area contributed by atoms with Gasteiger partial charge in [-0.25, -0.2) is 4.98 Å². The van der Waals surface area contributed by atoms with E-state index in [1.807, 2.05) is 11.3 Å². The fourth-order valence-electron chi connectivity index (χ4n) is 2.32. The van der Waals surface area contributed by atoms with Gasteiger partial charge in [-0.05, 0) is 13.5 Å². The van der Waals surface area contributed by atoms with Gasteiger partial charge in [-0.1, -0.05) is 13.8 Å². The Hall–Kier alpha value is -0.300. The first-order valence-electron chi connectivity index (χ1n) is 7.23. The van der Waals surface area contributed by atoms with Crippen LogP contribution in [0.2, 0.25) is 0 Å². The van der Waals surface area contributed by atoms with E-state index < -0.39 is 0 Å². The second kappa shape index (κ2) is 7.64. The minimum Gasteiger partial charge on any atom is -0.378 e. The number of anilines is 1. The largest absolute Gasteiger partial charge is 0.378 e. The minimum absolute atomic E-state index is 0.544. The fraction of sp³-hybridized carbons (Fsp3) is 0.786. The van der Waals surface area contributed by atoms with Crippen molar-refractivity contribution in [1.29, 1.82) is 0 Å². The summed E-state index contributed by atoms with van der Waals surface area (Å²) >= 11 is 3.87. The molecule has 0 radical (unpaired) electrons. The highest BCUT2D eigenvalue weighted by molar-refractivity contribution is 8.00. The molecule has 20 heavy (non-hydrogen) atoms. The smallest absolute Gasteiger partial charge is 0.186 e. The van der Waals surface area contributed by atoms with Gasteiger partial charge in [-0.2, -0.15) is 11.8 Å². The number of methoxy groups -OCH3 is 1. The first-order chi connectivity index (χ1) is 9.67. The lowest BCUT2D eigenvalue weighted by molar-refractivity contribution is 0.181. The average Bonchev–Trinajstić information content (AvgIpc) is 2.83. The van der Waals surface area contributed by atoms with Crippen molar-refractivity contribution in [3.8, 4) is 0 Å². The van der Waals surface area contributed by atoms with Crippen molar-refractivity contribution in [3.63, 3.8) is 0 Å². The lowest BCUT2D eigenvalue weighted by atomic mass is 10.2. The summed E-state index contributed by atoms with van der Waals surface area (Å²) in [6.07, 6.45) is 0. The predicted molar refractivity (Wildman–Crippen MR) is 88.9 cm³/mol. The molecule has 1 aliphatic rings. The molecular weight excluding hydrogens is 290 g/mol. The molecule has 0 spiro atoms. The quantitative estimate of drug-likeness (QED) is 0.873. The summed E-state index contributed by atoms with van der Waals surface area (Å²) < 4.78 is 5.29. The third-order valence-corrected chi connectivity index (χ3v) is 6.19. The second-order valence-electron chi connectivity index (χ2n) is 5.09. The average molecular weight is 316 g/mol. The van der Waals surface area contributed by atoms with Crippen LogP contribution in [0.1, 0.15) is 31.3 Å². The van der Waals surface area contributed by atoms with Crippen LogP contribution >= 0.6 is 23.1 Å². The van der Waals surface area contributed by atoms with E-state index >= 15 is 0 Å². The van der Waals surface area contributed by atoms with Crippen LogP contribution in [-0.2, 0) is 17.9 Å². The van der Waals surface area contributed by atoms with Gasteiger partial charge in [-0.3, -0.25) is 0 Å². The van der Waals surface area contributed by atoms with Crippen LogP contribution in [0.15, 0.2) is 0 Å². The summed E-state index contributed by atoms with van der Waals surface area (Å²) in [7, 11) is 1.73. The van der Waals surface area contributed by atoms with E-state index in [1.54, 1.807) is 7.11 Å². The van der Waals surface area contributed by atoms with Crippen molar-refractivity contribution >= 4 is 28.2 Å². The van der Waals surface area contributed by atoms with Gasteiger partial charge in [0.1, 0.15) is 0 Å². The zero-order valence-electron chi connectivity index (χ0n) is 12.8.